The zero-order valence-electron chi connectivity index (χ0n) is 10.3. The smallest absolute Gasteiger partial charge is 0.0476 e. The topological polar surface area (TPSA) is 38.0 Å². The van der Waals surface area contributed by atoms with Gasteiger partial charge in [0.1, 0.15) is 0 Å². The van der Waals surface area contributed by atoms with E-state index in [0.717, 1.165) is 19.4 Å². The van der Waals surface area contributed by atoms with Crippen LogP contribution in [0.2, 0.25) is 0 Å². The number of aryl methyl sites for hydroxylation is 1. The predicted octanol–water partition coefficient (Wildman–Crippen LogP) is 2.31. The molecular weight excluding hydrogens is 196 g/mol. The maximum atomic E-state index is 6.21. The summed E-state index contributed by atoms with van der Waals surface area (Å²) in [6, 6.07) is 7.20. The Morgan fingerprint density at radius 3 is 2.94 bits per heavy atom. The number of rotatable bonds is 2. The van der Waals surface area contributed by atoms with E-state index in [4.69, 9.17) is 5.73 Å². The van der Waals surface area contributed by atoms with Crippen LogP contribution in [0.3, 0.4) is 0 Å². The fraction of sp³-hybridized carbons (Fsp3) is 0.571. The van der Waals surface area contributed by atoms with Crippen LogP contribution in [0.4, 0.5) is 0 Å². The summed E-state index contributed by atoms with van der Waals surface area (Å²) in [5, 5.41) is 3.55. The molecule has 0 saturated carbocycles. The highest BCUT2D eigenvalue weighted by molar-refractivity contribution is 5.37. The van der Waals surface area contributed by atoms with Crippen LogP contribution >= 0.6 is 0 Å². The Morgan fingerprint density at radius 2 is 2.25 bits per heavy atom. The lowest BCUT2D eigenvalue weighted by Crippen LogP contribution is -2.43. The predicted molar refractivity (Wildman–Crippen MR) is 68.5 cm³/mol. The van der Waals surface area contributed by atoms with E-state index in [-0.39, 0.29) is 6.04 Å². The Kier molecular flexibility index (Phi) is 3.62. The van der Waals surface area contributed by atoms with Gasteiger partial charge >= 0.3 is 0 Å². The first-order chi connectivity index (χ1) is 7.74. The van der Waals surface area contributed by atoms with E-state index in [1.54, 1.807) is 0 Å². The molecule has 0 amide bonds. The third-order valence-electron chi connectivity index (χ3n) is 3.71. The van der Waals surface area contributed by atoms with Crippen molar-refractivity contribution in [2.75, 3.05) is 6.54 Å². The van der Waals surface area contributed by atoms with Gasteiger partial charge in [-0.3, -0.25) is 0 Å². The highest BCUT2D eigenvalue weighted by atomic mass is 15.0. The molecule has 0 aromatic heterocycles. The lowest BCUT2D eigenvalue weighted by atomic mass is 9.88. The third-order valence-corrected chi connectivity index (χ3v) is 3.71. The van der Waals surface area contributed by atoms with Crippen molar-refractivity contribution in [3.63, 3.8) is 0 Å². The second kappa shape index (κ2) is 4.98. The van der Waals surface area contributed by atoms with E-state index in [9.17, 15) is 0 Å². The molecule has 0 bridgehead atoms. The Bertz CT molecular complexity index is 360. The molecule has 1 aromatic carbocycles. The largest absolute Gasteiger partial charge is 0.326 e. The molecule has 1 heterocycles. The number of hydrogen-bond acceptors (Lipinski definition) is 2. The minimum atomic E-state index is 0.263. The van der Waals surface area contributed by atoms with Crippen molar-refractivity contribution in [3.05, 3.63) is 34.9 Å². The first-order valence-corrected chi connectivity index (χ1v) is 6.31. The molecular formula is C14H22N2. The molecule has 1 aromatic rings. The molecule has 1 aliphatic heterocycles. The van der Waals surface area contributed by atoms with Crippen molar-refractivity contribution < 1.29 is 0 Å². The molecule has 0 aliphatic carbocycles. The van der Waals surface area contributed by atoms with E-state index < -0.39 is 0 Å². The molecule has 16 heavy (non-hydrogen) atoms. The summed E-state index contributed by atoms with van der Waals surface area (Å²) in [7, 11) is 0. The number of benzene rings is 1. The maximum Gasteiger partial charge on any atom is 0.0476 e. The fourth-order valence-corrected chi connectivity index (χ4v) is 2.68. The lowest BCUT2D eigenvalue weighted by Gasteiger charge is -2.31. The van der Waals surface area contributed by atoms with Gasteiger partial charge in [0.2, 0.25) is 0 Å². The van der Waals surface area contributed by atoms with Gasteiger partial charge in [-0.2, -0.15) is 0 Å². The number of hydrogen-bond donors (Lipinski definition) is 2. The Hall–Kier alpha value is -0.860. The molecule has 1 fully saturated rings. The Labute approximate surface area is 98.2 Å². The van der Waals surface area contributed by atoms with Crippen LogP contribution in [0.1, 0.15) is 42.5 Å². The quantitative estimate of drug-likeness (QED) is 0.799. The van der Waals surface area contributed by atoms with Crippen molar-refractivity contribution in [3.8, 4) is 0 Å². The van der Waals surface area contributed by atoms with Crippen LogP contribution in [0, 0.1) is 6.92 Å². The van der Waals surface area contributed by atoms with Crippen LogP contribution in [0.15, 0.2) is 18.2 Å². The third kappa shape index (κ3) is 2.13. The van der Waals surface area contributed by atoms with Crippen molar-refractivity contribution in [1.29, 1.82) is 0 Å². The molecule has 2 atom stereocenters. The van der Waals surface area contributed by atoms with Crippen molar-refractivity contribution in [2.24, 2.45) is 5.73 Å². The van der Waals surface area contributed by atoms with E-state index >= 15 is 0 Å². The zero-order chi connectivity index (χ0) is 11.5. The number of piperidine rings is 1. The van der Waals surface area contributed by atoms with Crippen molar-refractivity contribution >= 4 is 0 Å². The SMILES string of the molecule is CCc1cccc([C@@H]2NCCC[C@@H]2N)c1C. The minimum Gasteiger partial charge on any atom is -0.326 e. The zero-order valence-corrected chi connectivity index (χ0v) is 10.3. The van der Waals surface area contributed by atoms with Gasteiger partial charge in [0.25, 0.3) is 0 Å². The van der Waals surface area contributed by atoms with E-state index in [1.807, 2.05) is 0 Å². The summed E-state index contributed by atoms with van der Waals surface area (Å²) < 4.78 is 0. The average Bonchev–Trinajstić information content (AvgIpc) is 2.31. The van der Waals surface area contributed by atoms with E-state index in [2.05, 4.69) is 37.4 Å². The summed E-state index contributed by atoms with van der Waals surface area (Å²) in [5.74, 6) is 0. The summed E-state index contributed by atoms with van der Waals surface area (Å²) in [5.41, 5.74) is 10.5. The first kappa shape index (κ1) is 11.6. The van der Waals surface area contributed by atoms with Crippen LogP contribution in [0.25, 0.3) is 0 Å². The molecule has 2 heteroatoms. The lowest BCUT2D eigenvalue weighted by molar-refractivity contribution is 0.357. The highest BCUT2D eigenvalue weighted by Gasteiger charge is 2.24. The first-order valence-electron chi connectivity index (χ1n) is 6.31. The molecule has 2 rings (SSSR count). The van der Waals surface area contributed by atoms with Crippen LogP contribution in [0.5, 0.6) is 0 Å². The van der Waals surface area contributed by atoms with E-state index in [0.29, 0.717) is 6.04 Å². The summed E-state index contributed by atoms with van der Waals surface area (Å²) in [6.07, 6.45) is 3.43. The van der Waals surface area contributed by atoms with Gasteiger partial charge in [0.15, 0.2) is 0 Å². The van der Waals surface area contributed by atoms with E-state index in [1.165, 1.54) is 23.1 Å². The minimum absolute atomic E-state index is 0.263. The van der Waals surface area contributed by atoms with Crippen LogP contribution in [-0.4, -0.2) is 12.6 Å². The highest BCUT2D eigenvalue weighted by Crippen LogP contribution is 2.26. The molecule has 88 valence electrons. The van der Waals surface area contributed by atoms with Crippen LogP contribution < -0.4 is 11.1 Å². The normalized spacial score (nSPS) is 25.7. The summed E-state index contributed by atoms with van der Waals surface area (Å²) in [4.78, 5) is 0. The average molecular weight is 218 g/mol. The van der Waals surface area contributed by atoms with Crippen molar-refractivity contribution in [1.82, 2.24) is 5.32 Å². The standard InChI is InChI=1S/C14H22N2/c1-3-11-6-4-7-12(10(11)2)14-13(15)8-5-9-16-14/h4,6-7,13-14,16H,3,5,8-9,15H2,1-2H3/t13-,14-/m0/s1. The van der Waals surface area contributed by atoms with Gasteiger partial charge < -0.3 is 11.1 Å². The molecule has 0 radical (unpaired) electrons. The van der Waals surface area contributed by atoms with Gasteiger partial charge in [0.05, 0.1) is 0 Å². The Morgan fingerprint density at radius 1 is 1.44 bits per heavy atom. The van der Waals surface area contributed by atoms with Gasteiger partial charge in [-0.15, -0.1) is 0 Å². The second-order valence-electron chi connectivity index (χ2n) is 4.72. The molecule has 0 unspecified atom stereocenters. The van der Waals surface area contributed by atoms with Crippen molar-refractivity contribution in [2.45, 2.75) is 45.2 Å². The van der Waals surface area contributed by atoms with Gasteiger partial charge in [0, 0.05) is 12.1 Å². The summed E-state index contributed by atoms with van der Waals surface area (Å²) in [6.45, 7) is 5.52. The second-order valence-corrected chi connectivity index (χ2v) is 4.72. The summed E-state index contributed by atoms with van der Waals surface area (Å²) >= 11 is 0. The van der Waals surface area contributed by atoms with Gasteiger partial charge in [-0.05, 0) is 49.4 Å². The molecule has 1 saturated heterocycles. The maximum absolute atomic E-state index is 6.21. The van der Waals surface area contributed by atoms with Gasteiger partial charge in [-0.25, -0.2) is 0 Å². The number of nitrogens with one attached hydrogen (secondary N) is 1. The number of nitrogens with two attached hydrogens (primary N) is 1. The molecule has 3 N–H and O–H groups in total. The van der Waals surface area contributed by atoms with Gasteiger partial charge in [-0.1, -0.05) is 25.1 Å². The molecule has 2 nitrogen and oxygen atoms in total. The molecule has 1 aliphatic rings. The monoisotopic (exact) mass is 218 g/mol. The van der Waals surface area contributed by atoms with Crippen LogP contribution in [-0.2, 0) is 6.42 Å². The fourth-order valence-electron chi connectivity index (χ4n) is 2.68. The Balaban J connectivity index is 2.31. The molecule has 0 spiro atoms.